The Bertz CT molecular complexity index is 157. The molecule has 0 saturated heterocycles. The standard InChI is InChI=1S/C8H8O/c1-2-9-8-6-4-3-5-7-8/h4-6H,2H2,1H3. The van der Waals surface area contributed by atoms with Crippen molar-refractivity contribution in [3.8, 4) is 5.75 Å². The first-order valence-corrected chi connectivity index (χ1v) is 2.94. The van der Waals surface area contributed by atoms with Crippen molar-refractivity contribution in [3.05, 3.63) is 30.3 Å². The Morgan fingerprint density at radius 2 is 2.56 bits per heavy atom. The van der Waals surface area contributed by atoms with Gasteiger partial charge in [-0.15, -0.1) is 0 Å². The highest BCUT2D eigenvalue weighted by molar-refractivity contribution is 5.18. The molecule has 0 bridgehead atoms. The molecule has 1 heteroatoms. The van der Waals surface area contributed by atoms with Gasteiger partial charge in [0.2, 0.25) is 0 Å². The molecule has 0 fully saturated rings. The van der Waals surface area contributed by atoms with Gasteiger partial charge in [0.25, 0.3) is 0 Å². The zero-order valence-corrected chi connectivity index (χ0v) is 5.35. The molecule has 9 heavy (non-hydrogen) atoms. The van der Waals surface area contributed by atoms with Crippen LogP contribution in [0.3, 0.4) is 0 Å². The van der Waals surface area contributed by atoms with E-state index in [-0.39, 0.29) is 0 Å². The molecule has 0 saturated carbocycles. The zero-order chi connectivity index (χ0) is 6.53. The topological polar surface area (TPSA) is 9.23 Å². The predicted octanol–water partition coefficient (Wildman–Crippen LogP) is 1.69. The van der Waals surface area contributed by atoms with Crippen molar-refractivity contribution in [2.45, 2.75) is 6.92 Å². The number of hydrogen-bond acceptors (Lipinski definition) is 1. The highest BCUT2D eigenvalue weighted by Crippen LogP contribution is 2.05. The molecule has 46 valence electrons. The minimum atomic E-state index is 0.695. The molecule has 0 heterocycles. The zero-order valence-electron chi connectivity index (χ0n) is 5.35. The normalized spacial score (nSPS) is 9.00. The monoisotopic (exact) mass is 120 g/mol. The van der Waals surface area contributed by atoms with Crippen LogP contribution in [-0.4, -0.2) is 6.61 Å². The quantitative estimate of drug-likeness (QED) is 0.577. The summed E-state index contributed by atoms with van der Waals surface area (Å²) in [5, 5.41) is 0. The fraction of sp³-hybridized carbons (Fsp3) is 0.250. The Morgan fingerprint density at radius 3 is 3.11 bits per heavy atom. The van der Waals surface area contributed by atoms with Gasteiger partial charge in [0.15, 0.2) is 0 Å². The smallest absolute Gasteiger partial charge is 0.127 e. The van der Waals surface area contributed by atoms with Crippen molar-refractivity contribution in [2.24, 2.45) is 0 Å². The van der Waals surface area contributed by atoms with Gasteiger partial charge in [-0.3, -0.25) is 0 Å². The maximum Gasteiger partial charge on any atom is 0.127 e. The van der Waals surface area contributed by atoms with Gasteiger partial charge in [-0.1, -0.05) is 6.07 Å². The third kappa shape index (κ3) is 1.76. The van der Waals surface area contributed by atoms with Crippen LogP contribution < -0.4 is 4.74 Å². The molecule has 0 spiro atoms. The SMILES string of the molecule is CCOc1[c]c[c]cc1. The summed E-state index contributed by atoms with van der Waals surface area (Å²) >= 11 is 0. The molecule has 2 radical (unpaired) electrons. The van der Waals surface area contributed by atoms with Crippen LogP contribution in [0.2, 0.25) is 0 Å². The van der Waals surface area contributed by atoms with Crippen molar-refractivity contribution in [1.29, 1.82) is 0 Å². The lowest BCUT2D eigenvalue weighted by Crippen LogP contribution is -1.89. The molecule has 0 aliphatic carbocycles. The largest absolute Gasteiger partial charge is 0.493 e. The third-order valence-corrected chi connectivity index (χ3v) is 0.929. The molecule has 0 atom stereocenters. The van der Waals surface area contributed by atoms with Crippen LogP contribution in [-0.2, 0) is 0 Å². The molecule has 1 aromatic carbocycles. The van der Waals surface area contributed by atoms with Crippen molar-refractivity contribution >= 4 is 0 Å². The highest BCUT2D eigenvalue weighted by atomic mass is 16.5. The van der Waals surface area contributed by atoms with Gasteiger partial charge in [-0.25, -0.2) is 0 Å². The fourth-order valence-electron chi connectivity index (χ4n) is 0.578. The van der Waals surface area contributed by atoms with E-state index in [4.69, 9.17) is 4.74 Å². The molecule has 1 nitrogen and oxygen atoms in total. The lowest BCUT2D eigenvalue weighted by Gasteiger charge is -1.98. The van der Waals surface area contributed by atoms with Crippen molar-refractivity contribution in [1.82, 2.24) is 0 Å². The first-order valence-electron chi connectivity index (χ1n) is 2.94. The van der Waals surface area contributed by atoms with Gasteiger partial charge >= 0.3 is 0 Å². The molecule has 0 N–H and O–H groups in total. The van der Waals surface area contributed by atoms with Gasteiger partial charge in [0.1, 0.15) is 5.75 Å². The first-order chi connectivity index (χ1) is 4.43. The van der Waals surface area contributed by atoms with Crippen LogP contribution in [0.1, 0.15) is 6.92 Å². The van der Waals surface area contributed by atoms with E-state index in [1.807, 2.05) is 19.1 Å². The summed E-state index contributed by atoms with van der Waals surface area (Å²) < 4.78 is 5.13. The molecular weight excluding hydrogens is 112 g/mol. The van der Waals surface area contributed by atoms with Crippen molar-refractivity contribution in [2.75, 3.05) is 6.61 Å². The lowest BCUT2D eigenvalue weighted by molar-refractivity contribution is 0.339. The second kappa shape index (κ2) is 3.13. The van der Waals surface area contributed by atoms with Crippen LogP contribution in [0.15, 0.2) is 18.2 Å². The van der Waals surface area contributed by atoms with E-state index in [0.717, 1.165) is 5.75 Å². The van der Waals surface area contributed by atoms with Crippen LogP contribution in [0.4, 0.5) is 0 Å². The minimum Gasteiger partial charge on any atom is -0.493 e. The summed E-state index contributed by atoms with van der Waals surface area (Å²) in [6.07, 6.45) is 0. The summed E-state index contributed by atoms with van der Waals surface area (Å²) in [7, 11) is 0. The van der Waals surface area contributed by atoms with E-state index in [0.29, 0.717) is 6.61 Å². The molecule has 0 unspecified atom stereocenters. The summed E-state index contributed by atoms with van der Waals surface area (Å²) in [5.74, 6) is 0.788. The van der Waals surface area contributed by atoms with Crippen LogP contribution >= 0.6 is 0 Å². The van der Waals surface area contributed by atoms with Crippen LogP contribution in [0, 0.1) is 12.1 Å². The second-order valence-corrected chi connectivity index (χ2v) is 1.59. The molecular formula is C8H8O. The molecule has 0 amide bonds. The fourth-order valence-corrected chi connectivity index (χ4v) is 0.578. The van der Waals surface area contributed by atoms with Crippen LogP contribution in [0.25, 0.3) is 0 Å². The molecule has 0 aromatic heterocycles. The van der Waals surface area contributed by atoms with Gasteiger partial charge in [-0.05, 0) is 25.1 Å². The van der Waals surface area contributed by atoms with E-state index < -0.39 is 0 Å². The summed E-state index contributed by atoms with van der Waals surface area (Å²) in [4.78, 5) is 0. The summed E-state index contributed by atoms with van der Waals surface area (Å²) in [6.45, 7) is 2.64. The van der Waals surface area contributed by atoms with E-state index in [9.17, 15) is 0 Å². The summed E-state index contributed by atoms with van der Waals surface area (Å²) in [5.41, 5.74) is 0. The number of hydrogen-bond donors (Lipinski definition) is 0. The number of ether oxygens (including phenoxy) is 1. The average Bonchev–Trinajstić information content (AvgIpc) is 1.91. The lowest BCUT2D eigenvalue weighted by atomic mass is 10.3. The Morgan fingerprint density at radius 1 is 1.67 bits per heavy atom. The van der Waals surface area contributed by atoms with Gasteiger partial charge in [0, 0.05) is 6.07 Å². The maximum absolute atomic E-state index is 5.13. The van der Waals surface area contributed by atoms with Gasteiger partial charge in [0.05, 0.1) is 6.61 Å². The molecule has 0 aliphatic rings. The van der Waals surface area contributed by atoms with Crippen molar-refractivity contribution < 1.29 is 4.74 Å². The molecule has 1 rings (SSSR count). The Kier molecular flexibility index (Phi) is 2.13. The van der Waals surface area contributed by atoms with E-state index >= 15 is 0 Å². The molecule has 1 aromatic rings. The predicted molar refractivity (Wildman–Crippen MR) is 35.3 cm³/mol. The summed E-state index contributed by atoms with van der Waals surface area (Å²) in [6, 6.07) is 11.1. The molecule has 0 aliphatic heterocycles. The third-order valence-electron chi connectivity index (χ3n) is 0.929. The Balaban J connectivity index is 2.61. The van der Waals surface area contributed by atoms with E-state index in [1.165, 1.54) is 0 Å². The van der Waals surface area contributed by atoms with E-state index in [1.54, 1.807) is 6.07 Å². The maximum atomic E-state index is 5.13. The van der Waals surface area contributed by atoms with Gasteiger partial charge in [-0.2, -0.15) is 0 Å². The average molecular weight is 120 g/mol. The van der Waals surface area contributed by atoms with E-state index in [2.05, 4.69) is 12.1 Å². The minimum absolute atomic E-state index is 0.695. The second-order valence-electron chi connectivity index (χ2n) is 1.59. The highest BCUT2D eigenvalue weighted by Gasteiger charge is 1.85. The Hall–Kier alpha value is -0.980. The number of rotatable bonds is 2. The number of benzene rings is 1. The van der Waals surface area contributed by atoms with Gasteiger partial charge < -0.3 is 4.74 Å². The first kappa shape index (κ1) is 6.14. The Labute approximate surface area is 55.3 Å². The van der Waals surface area contributed by atoms with Crippen molar-refractivity contribution in [3.63, 3.8) is 0 Å². The van der Waals surface area contributed by atoms with Crippen LogP contribution in [0.5, 0.6) is 5.75 Å².